The van der Waals surface area contributed by atoms with Crippen molar-refractivity contribution in [1.29, 1.82) is 0 Å². The predicted molar refractivity (Wildman–Crippen MR) is 142 cm³/mol. The molecule has 0 saturated heterocycles. The Morgan fingerprint density at radius 2 is 1.49 bits per heavy atom. The van der Waals surface area contributed by atoms with E-state index in [9.17, 15) is 9.59 Å². The van der Waals surface area contributed by atoms with Crippen molar-refractivity contribution in [3.63, 3.8) is 0 Å². The normalized spacial score (nSPS) is 13.1. The van der Waals surface area contributed by atoms with Gasteiger partial charge in [0.05, 0.1) is 5.52 Å². The van der Waals surface area contributed by atoms with Crippen molar-refractivity contribution in [2.24, 2.45) is 0 Å². The van der Waals surface area contributed by atoms with Crippen LogP contribution in [0.4, 0.5) is 5.69 Å². The minimum Gasteiger partial charge on any atom is -0.384 e. The highest BCUT2D eigenvalue weighted by Crippen LogP contribution is 2.30. The number of nitrogens with one attached hydrogen (secondary N) is 1. The zero-order valence-corrected chi connectivity index (χ0v) is 20.4. The van der Waals surface area contributed by atoms with Gasteiger partial charge in [0, 0.05) is 51.9 Å². The third-order valence-corrected chi connectivity index (χ3v) is 6.92. The van der Waals surface area contributed by atoms with Crippen molar-refractivity contribution in [2.45, 2.75) is 38.5 Å². The molecule has 5 rings (SSSR count). The number of halogens is 1. The van der Waals surface area contributed by atoms with Crippen molar-refractivity contribution in [1.82, 2.24) is 9.88 Å². The number of nitrogens with zero attached hydrogens (tertiary/aromatic N) is 2. The predicted octanol–water partition coefficient (Wildman–Crippen LogP) is 7.09. The number of hydrogen-bond acceptors (Lipinski definition) is 4. The first kappa shape index (κ1) is 23.3. The van der Waals surface area contributed by atoms with E-state index >= 15 is 0 Å². The molecule has 1 N–H and O–H groups in total. The lowest BCUT2D eigenvalue weighted by Crippen LogP contribution is -2.40. The lowest BCUT2D eigenvalue weighted by Gasteiger charge is -2.27. The molecule has 0 bridgehead atoms. The number of hydrogen-bond donors (Lipinski definition) is 1. The molecule has 2 amide bonds. The first-order valence-electron chi connectivity index (χ1n) is 12.3. The van der Waals surface area contributed by atoms with Crippen LogP contribution in [0.15, 0.2) is 66.9 Å². The number of carbonyl (C=O) groups is 2. The molecule has 0 fully saturated rings. The summed E-state index contributed by atoms with van der Waals surface area (Å²) >= 11 is 6.07. The van der Waals surface area contributed by atoms with Gasteiger partial charge < -0.3 is 5.32 Å². The summed E-state index contributed by atoms with van der Waals surface area (Å²) in [6.07, 6.45) is 8.10. The van der Waals surface area contributed by atoms with Gasteiger partial charge in [-0.3, -0.25) is 19.5 Å². The lowest BCUT2D eigenvalue weighted by atomic mass is 9.94. The Hall–Kier alpha value is -3.44. The first-order chi connectivity index (χ1) is 17.1. The van der Waals surface area contributed by atoms with Crippen LogP contribution in [-0.2, 0) is 0 Å². The summed E-state index contributed by atoms with van der Waals surface area (Å²) in [6.45, 7) is 1.38. The topological polar surface area (TPSA) is 62.3 Å². The summed E-state index contributed by atoms with van der Waals surface area (Å²) < 4.78 is 0. The fourth-order valence-electron chi connectivity index (χ4n) is 4.88. The smallest absolute Gasteiger partial charge is 0.261 e. The molecular formula is C29H28ClN3O2. The van der Waals surface area contributed by atoms with Gasteiger partial charge in [0.25, 0.3) is 11.8 Å². The molecule has 5 nitrogen and oxygen atoms in total. The number of pyridine rings is 1. The van der Waals surface area contributed by atoms with E-state index in [0.29, 0.717) is 22.7 Å². The Morgan fingerprint density at radius 3 is 2.23 bits per heavy atom. The van der Waals surface area contributed by atoms with E-state index in [1.54, 1.807) is 6.20 Å². The van der Waals surface area contributed by atoms with Gasteiger partial charge in [0.1, 0.15) is 0 Å². The second-order valence-corrected chi connectivity index (χ2v) is 9.48. The Labute approximate surface area is 210 Å². The fourth-order valence-corrected chi connectivity index (χ4v) is 5.05. The Bertz CT molecular complexity index is 1350. The molecule has 6 heteroatoms. The number of anilines is 1. The van der Waals surface area contributed by atoms with Gasteiger partial charge >= 0.3 is 0 Å². The Morgan fingerprint density at radius 1 is 0.800 bits per heavy atom. The van der Waals surface area contributed by atoms with Gasteiger partial charge in [-0.25, -0.2) is 0 Å². The van der Waals surface area contributed by atoms with Crippen LogP contribution in [-0.4, -0.2) is 34.8 Å². The summed E-state index contributed by atoms with van der Waals surface area (Å²) in [6, 6.07) is 19.1. The first-order valence-corrected chi connectivity index (χ1v) is 12.7. The van der Waals surface area contributed by atoms with Crippen LogP contribution in [0.1, 0.15) is 59.2 Å². The summed E-state index contributed by atoms with van der Waals surface area (Å²) in [5.41, 5.74) is 3.25. The van der Waals surface area contributed by atoms with Crippen molar-refractivity contribution in [2.75, 3.05) is 18.4 Å². The SMILES string of the molecule is O=C1c2cccc3cccc(c23)C(=O)N1CCCCCCCCNc1ccnc2cc(Cl)ccc12. The van der Waals surface area contributed by atoms with Gasteiger partial charge in [-0.1, -0.05) is 61.5 Å². The molecule has 0 saturated carbocycles. The second-order valence-electron chi connectivity index (χ2n) is 9.04. The van der Waals surface area contributed by atoms with Gasteiger partial charge in [0.15, 0.2) is 0 Å². The van der Waals surface area contributed by atoms with Crippen LogP contribution in [0.2, 0.25) is 5.02 Å². The molecule has 2 heterocycles. The summed E-state index contributed by atoms with van der Waals surface area (Å²) in [7, 11) is 0. The number of carbonyl (C=O) groups excluding carboxylic acids is 2. The summed E-state index contributed by atoms with van der Waals surface area (Å²) in [5, 5.41) is 7.02. The number of rotatable bonds is 10. The van der Waals surface area contributed by atoms with Crippen molar-refractivity contribution in [3.8, 4) is 0 Å². The summed E-state index contributed by atoms with van der Waals surface area (Å²) in [5.74, 6) is -0.340. The lowest BCUT2D eigenvalue weighted by molar-refractivity contribution is 0.0607. The Kier molecular flexibility index (Phi) is 6.96. The van der Waals surface area contributed by atoms with Crippen molar-refractivity contribution >= 4 is 50.8 Å². The minimum absolute atomic E-state index is 0.170. The molecule has 0 aliphatic carbocycles. The number of benzene rings is 3. The van der Waals surface area contributed by atoms with Crippen LogP contribution in [0.25, 0.3) is 21.7 Å². The van der Waals surface area contributed by atoms with E-state index in [-0.39, 0.29) is 11.8 Å². The Balaban J connectivity index is 1.03. The molecule has 1 aromatic heterocycles. The molecule has 0 unspecified atom stereocenters. The van der Waals surface area contributed by atoms with Crippen LogP contribution in [0.5, 0.6) is 0 Å². The average Bonchev–Trinajstić information content (AvgIpc) is 2.87. The highest BCUT2D eigenvalue weighted by atomic mass is 35.5. The van der Waals surface area contributed by atoms with Crippen LogP contribution in [0, 0.1) is 0 Å². The van der Waals surface area contributed by atoms with E-state index in [1.807, 2.05) is 60.7 Å². The van der Waals surface area contributed by atoms with Gasteiger partial charge in [-0.2, -0.15) is 0 Å². The zero-order valence-electron chi connectivity index (χ0n) is 19.6. The average molecular weight is 486 g/mol. The molecule has 0 radical (unpaired) electrons. The van der Waals surface area contributed by atoms with Crippen LogP contribution in [0.3, 0.4) is 0 Å². The number of aromatic nitrogens is 1. The van der Waals surface area contributed by atoms with Gasteiger partial charge in [-0.15, -0.1) is 0 Å². The maximum atomic E-state index is 13.0. The molecule has 1 aliphatic heterocycles. The molecule has 3 aromatic carbocycles. The van der Waals surface area contributed by atoms with Gasteiger partial charge in [-0.05, 0) is 54.6 Å². The highest BCUT2D eigenvalue weighted by Gasteiger charge is 2.31. The fraction of sp³-hybridized carbons (Fsp3) is 0.276. The van der Waals surface area contributed by atoms with E-state index in [2.05, 4.69) is 10.3 Å². The maximum absolute atomic E-state index is 13.0. The summed E-state index contributed by atoms with van der Waals surface area (Å²) in [4.78, 5) is 31.7. The second kappa shape index (κ2) is 10.4. The van der Waals surface area contributed by atoms with E-state index in [1.165, 1.54) is 4.90 Å². The molecule has 178 valence electrons. The van der Waals surface area contributed by atoms with E-state index in [0.717, 1.165) is 72.4 Å². The number of fused-ring (bicyclic) bond motifs is 1. The molecular weight excluding hydrogens is 458 g/mol. The maximum Gasteiger partial charge on any atom is 0.261 e. The molecule has 0 spiro atoms. The third-order valence-electron chi connectivity index (χ3n) is 6.68. The van der Waals surface area contributed by atoms with Crippen molar-refractivity contribution in [3.05, 3.63) is 83.0 Å². The monoisotopic (exact) mass is 485 g/mol. The molecule has 1 aliphatic rings. The standard InChI is InChI=1S/C29H28ClN3O2/c30-21-13-14-22-25(15-17-32-26(22)19-21)31-16-5-3-1-2-4-6-18-33-28(34)23-11-7-9-20-10-8-12-24(27(20)23)29(33)35/h7-15,17,19H,1-6,16,18H2,(H,31,32). The zero-order chi connectivity index (χ0) is 24.2. The van der Waals surface area contributed by atoms with E-state index < -0.39 is 0 Å². The minimum atomic E-state index is -0.170. The quantitative estimate of drug-likeness (QED) is 0.192. The number of unbranched alkanes of at least 4 members (excludes halogenated alkanes) is 5. The van der Waals surface area contributed by atoms with Crippen LogP contribution < -0.4 is 5.32 Å². The third kappa shape index (κ3) is 4.87. The molecule has 0 atom stereocenters. The largest absolute Gasteiger partial charge is 0.384 e. The highest BCUT2D eigenvalue weighted by molar-refractivity contribution is 6.31. The van der Waals surface area contributed by atoms with Gasteiger partial charge in [0.2, 0.25) is 0 Å². The van der Waals surface area contributed by atoms with E-state index in [4.69, 9.17) is 11.6 Å². The molecule has 4 aromatic rings. The van der Waals surface area contributed by atoms with Crippen molar-refractivity contribution < 1.29 is 9.59 Å². The number of amides is 2. The number of imide groups is 1. The molecule has 35 heavy (non-hydrogen) atoms. The van der Waals surface area contributed by atoms with Crippen LogP contribution >= 0.6 is 11.6 Å².